The molecule has 0 aromatic carbocycles. The number of rotatable bonds is 9. The van der Waals surface area contributed by atoms with E-state index in [1.807, 2.05) is 0 Å². The monoisotopic (exact) mass is 258 g/mol. The van der Waals surface area contributed by atoms with Crippen molar-refractivity contribution >= 4 is 0 Å². The molecular weight excluding hydrogens is 228 g/mol. The van der Waals surface area contributed by atoms with Crippen LogP contribution in [0.2, 0.25) is 0 Å². The largest absolute Gasteiger partial charge is 0.389 e. The van der Waals surface area contributed by atoms with E-state index >= 15 is 0 Å². The van der Waals surface area contributed by atoms with Crippen LogP contribution in [0.15, 0.2) is 0 Å². The molecule has 1 aliphatic rings. The van der Waals surface area contributed by atoms with Crippen LogP contribution in [0.4, 0.5) is 0 Å². The zero-order valence-corrected chi connectivity index (χ0v) is 12.0. The lowest BCUT2D eigenvalue weighted by Crippen LogP contribution is -2.36. The molecular formula is C14H30N2O2. The number of hydrogen-bond acceptors (Lipinski definition) is 4. The van der Waals surface area contributed by atoms with Gasteiger partial charge in [-0.05, 0) is 26.4 Å². The highest BCUT2D eigenvalue weighted by Crippen LogP contribution is 2.20. The summed E-state index contributed by atoms with van der Waals surface area (Å²) in [5, 5.41) is 13.1. The van der Waals surface area contributed by atoms with Gasteiger partial charge in [-0.3, -0.25) is 0 Å². The van der Waals surface area contributed by atoms with Gasteiger partial charge in [0.2, 0.25) is 0 Å². The lowest BCUT2D eigenvalue weighted by atomic mass is 9.98. The lowest BCUT2D eigenvalue weighted by Gasteiger charge is -2.23. The van der Waals surface area contributed by atoms with Crippen LogP contribution < -0.4 is 5.32 Å². The minimum Gasteiger partial charge on any atom is -0.389 e. The smallest absolute Gasteiger partial charge is 0.0897 e. The zero-order valence-electron chi connectivity index (χ0n) is 12.0. The number of aliphatic hydroxyl groups excluding tert-OH is 1. The Bertz CT molecular complexity index is 196. The first-order valence-corrected chi connectivity index (χ1v) is 7.41. The minimum atomic E-state index is -0.376. The molecule has 1 unspecified atom stereocenters. The van der Waals surface area contributed by atoms with Crippen molar-refractivity contribution in [2.45, 2.75) is 51.2 Å². The van der Waals surface area contributed by atoms with Crippen LogP contribution in [0, 0.1) is 0 Å². The number of nitrogens with zero attached hydrogens (tertiary/aromatic N) is 1. The Kier molecular flexibility index (Phi) is 8.59. The molecule has 0 heterocycles. The molecule has 0 bridgehead atoms. The molecule has 1 rings (SSSR count). The van der Waals surface area contributed by atoms with Gasteiger partial charge in [-0.1, -0.05) is 26.2 Å². The summed E-state index contributed by atoms with van der Waals surface area (Å²) >= 11 is 0. The molecule has 4 heteroatoms. The number of hydrogen-bond donors (Lipinski definition) is 2. The van der Waals surface area contributed by atoms with Crippen molar-refractivity contribution in [2.75, 3.05) is 39.8 Å². The Morgan fingerprint density at radius 2 is 2.06 bits per heavy atom. The average molecular weight is 258 g/mol. The molecule has 1 atom stereocenters. The third-order valence-electron chi connectivity index (χ3n) is 3.67. The van der Waals surface area contributed by atoms with Crippen molar-refractivity contribution in [1.29, 1.82) is 0 Å². The first-order valence-electron chi connectivity index (χ1n) is 7.41. The fraction of sp³-hybridized carbons (Fsp3) is 1.00. The maximum Gasteiger partial charge on any atom is 0.0897 e. The second-order valence-corrected chi connectivity index (χ2v) is 5.35. The quantitative estimate of drug-likeness (QED) is 0.611. The second kappa shape index (κ2) is 9.73. The molecule has 1 aliphatic carbocycles. The number of nitrogens with one attached hydrogen (secondary N) is 1. The Hall–Kier alpha value is -0.160. The van der Waals surface area contributed by atoms with Crippen molar-refractivity contribution in [3.63, 3.8) is 0 Å². The first kappa shape index (κ1) is 15.9. The van der Waals surface area contributed by atoms with Crippen LogP contribution in [0.1, 0.15) is 39.0 Å². The number of ether oxygens (including phenoxy) is 1. The van der Waals surface area contributed by atoms with E-state index in [1.165, 1.54) is 32.1 Å². The molecule has 0 spiro atoms. The molecule has 0 aromatic heterocycles. The predicted octanol–water partition coefficient (Wildman–Crippen LogP) is 1.24. The van der Waals surface area contributed by atoms with Crippen molar-refractivity contribution in [3.05, 3.63) is 0 Å². The van der Waals surface area contributed by atoms with Gasteiger partial charge in [0.25, 0.3) is 0 Å². The molecule has 108 valence electrons. The van der Waals surface area contributed by atoms with Crippen LogP contribution in [0.5, 0.6) is 0 Å². The highest BCUT2D eigenvalue weighted by atomic mass is 16.5. The van der Waals surface area contributed by atoms with Crippen molar-refractivity contribution in [2.24, 2.45) is 0 Å². The number of likely N-dealkylation sites (N-methyl/N-ethyl adjacent to an activating group) is 1. The Morgan fingerprint density at radius 1 is 1.33 bits per heavy atom. The van der Waals surface area contributed by atoms with E-state index in [-0.39, 0.29) is 6.10 Å². The highest BCUT2D eigenvalue weighted by molar-refractivity contribution is 4.67. The van der Waals surface area contributed by atoms with Crippen LogP contribution in [0.25, 0.3) is 0 Å². The van der Waals surface area contributed by atoms with Gasteiger partial charge in [-0.25, -0.2) is 0 Å². The molecule has 2 N–H and O–H groups in total. The Labute approximate surface area is 112 Å². The van der Waals surface area contributed by atoms with Gasteiger partial charge in [-0.2, -0.15) is 0 Å². The zero-order chi connectivity index (χ0) is 13.2. The summed E-state index contributed by atoms with van der Waals surface area (Å²) < 4.78 is 5.74. The fourth-order valence-corrected chi connectivity index (χ4v) is 2.23. The molecule has 0 aliphatic heterocycles. The van der Waals surface area contributed by atoms with Gasteiger partial charge in [0.1, 0.15) is 0 Å². The standard InChI is InChI=1S/C14H30N2O2/c1-3-16(2)10-9-15-11-13(17)12-18-14-7-5-4-6-8-14/h13-15,17H,3-12H2,1-2H3. The first-order chi connectivity index (χ1) is 8.72. The normalized spacial score (nSPS) is 19.3. The summed E-state index contributed by atoms with van der Waals surface area (Å²) in [6.07, 6.45) is 6.25. The second-order valence-electron chi connectivity index (χ2n) is 5.35. The molecule has 1 saturated carbocycles. The highest BCUT2D eigenvalue weighted by Gasteiger charge is 2.15. The van der Waals surface area contributed by atoms with Crippen LogP contribution in [-0.2, 0) is 4.74 Å². The SMILES string of the molecule is CCN(C)CCNCC(O)COC1CCCCC1. The van der Waals surface area contributed by atoms with E-state index in [9.17, 15) is 5.11 Å². The van der Waals surface area contributed by atoms with Gasteiger partial charge < -0.3 is 20.1 Å². The lowest BCUT2D eigenvalue weighted by molar-refractivity contribution is -0.0229. The topological polar surface area (TPSA) is 44.7 Å². The summed E-state index contributed by atoms with van der Waals surface area (Å²) in [5.74, 6) is 0. The van der Waals surface area contributed by atoms with E-state index < -0.39 is 0 Å². The third kappa shape index (κ3) is 7.31. The minimum absolute atomic E-state index is 0.376. The maximum absolute atomic E-state index is 9.80. The van der Waals surface area contributed by atoms with Crippen LogP contribution in [-0.4, -0.2) is 62.0 Å². The number of aliphatic hydroxyl groups is 1. The van der Waals surface area contributed by atoms with Crippen molar-refractivity contribution in [1.82, 2.24) is 10.2 Å². The van der Waals surface area contributed by atoms with Gasteiger partial charge in [-0.15, -0.1) is 0 Å². The van der Waals surface area contributed by atoms with Crippen LogP contribution >= 0.6 is 0 Å². The molecule has 1 fully saturated rings. The van der Waals surface area contributed by atoms with E-state index in [1.54, 1.807) is 0 Å². The summed E-state index contributed by atoms with van der Waals surface area (Å²) in [5.41, 5.74) is 0. The summed E-state index contributed by atoms with van der Waals surface area (Å²) in [6, 6.07) is 0. The van der Waals surface area contributed by atoms with Gasteiger partial charge in [0.05, 0.1) is 18.8 Å². The van der Waals surface area contributed by atoms with Gasteiger partial charge in [0.15, 0.2) is 0 Å². The Balaban J connectivity index is 1.94. The summed E-state index contributed by atoms with van der Waals surface area (Å²) in [7, 11) is 2.10. The molecule has 18 heavy (non-hydrogen) atoms. The van der Waals surface area contributed by atoms with E-state index in [0.29, 0.717) is 19.3 Å². The van der Waals surface area contributed by atoms with E-state index in [2.05, 4.69) is 24.2 Å². The Morgan fingerprint density at radius 3 is 2.72 bits per heavy atom. The molecule has 0 amide bonds. The predicted molar refractivity (Wildman–Crippen MR) is 74.9 cm³/mol. The fourth-order valence-electron chi connectivity index (χ4n) is 2.23. The van der Waals surface area contributed by atoms with Crippen molar-refractivity contribution in [3.8, 4) is 0 Å². The van der Waals surface area contributed by atoms with Gasteiger partial charge >= 0.3 is 0 Å². The van der Waals surface area contributed by atoms with Gasteiger partial charge in [0, 0.05) is 19.6 Å². The summed E-state index contributed by atoms with van der Waals surface area (Å²) in [6.45, 7) is 6.25. The van der Waals surface area contributed by atoms with Crippen molar-refractivity contribution < 1.29 is 9.84 Å². The third-order valence-corrected chi connectivity index (χ3v) is 3.67. The molecule has 0 radical (unpaired) electrons. The maximum atomic E-state index is 9.80. The van der Waals surface area contributed by atoms with E-state index in [4.69, 9.17) is 4.74 Å². The molecule has 4 nitrogen and oxygen atoms in total. The summed E-state index contributed by atoms with van der Waals surface area (Å²) in [4.78, 5) is 2.25. The van der Waals surface area contributed by atoms with Crippen LogP contribution in [0.3, 0.4) is 0 Å². The molecule has 0 saturated heterocycles. The average Bonchev–Trinajstić information content (AvgIpc) is 2.42. The molecule has 0 aromatic rings. The van der Waals surface area contributed by atoms with E-state index in [0.717, 1.165) is 19.6 Å².